The van der Waals surface area contributed by atoms with Crippen LogP contribution in [0.2, 0.25) is 0 Å². The lowest BCUT2D eigenvalue weighted by atomic mass is 10.0. The number of aryl methyl sites for hydroxylation is 4. The van der Waals surface area contributed by atoms with Crippen LogP contribution in [0.15, 0.2) is 48.5 Å². The molecule has 0 fully saturated rings. The van der Waals surface area contributed by atoms with E-state index in [0.717, 1.165) is 29.5 Å². The van der Waals surface area contributed by atoms with Gasteiger partial charge in [-0.2, -0.15) is 0 Å². The first-order chi connectivity index (χ1) is 11.6. The third kappa shape index (κ3) is 2.58. The molecule has 0 aromatic heterocycles. The molecule has 0 radical (unpaired) electrons. The van der Waals surface area contributed by atoms with Gasteiger partial charge in [0.05, 0.1) is 6.42 Å². The minimum Gasteiger partial charge on any atom is -0.325 e. The van der Waals surface area contributed by atoms with E-state index >= 15 is 0 Å². The highest BCUT2D eigenvalue weighted by Crippen LogP contribution is 2.35. The molecule has 1 amide bonds. The summed E-state index contributed by atoms with van der Waals surface area (Å²) in [5.74, 6) is 0.0388. The van der Waals surface area contributed by atoms with Crippen molar-refractivity contribution in [3.63, 3.8) is 0 Å². The molecule has 2 heteroatoms. The summed E-state index contributed by atoms with van der Waals surface area (Å²) >= 11 is 0. The lowest BCUT2D eigenvalue weighted by Crippen LogP contribution is -2.14. The number of hydrogen-bond acceptors (Lipinski definition) is 1. The monoisotopic (exact) mass is 315 g/mol. The average molecular weight is 315 g/mol. The Morgan fingerprint density at radius 2 is 1.75 bits per heavy atom. The molecule has 0 spiro atoms. The molecule has 0 unspecified atom stereocenters. The Morgan fingerprint density at radius 1 is 0.958 bits per heavy atom. The predicted octanol–water partition coefficient (Wildman–Crippen LogP) is 4.74. The normalized spacial score (nSPS) is 12.6. The first kappa shape index (κ1) is 14.9. The largest absolute Gasteiger partial charge is 0.325 e. The van der Waals surface area contributed by atoms with Crippen molar-refractivity contribution in [2.75, 3.05) is 5.32 Å². The number of anilines is 1. The van der Waals surface area contributed by atoms with Gasteiger partial charge in [-0.15, -0.1) is 0 Å². The van der Waals surface area contributed by atoms with Crippen LogP contribution in [0, 0.1) is 13.8 Å². The average Bonchev–Trinajstić information content (AvgIpc) is 2.99. The van der Waals surface area contributed by atoms with Crippen molar-refractivity contribution in [1.29, 1.82) is 0 Å². The second kappa shape index (κ2) is 5.79. The van der Waals surface area contributed by atoms with E-state index in [1.807, 2.05) is 12.1 Å². The van der Waals surface area contributed by atoms with Gasteiger partial charge < -0.3 is 5.32 Å². The van der Waals surface area contributed by atoms with Gasteiger partial charge in [0.1, 0.15) is 0 Å². The maximum atomic E-state index is 12.5. The first-order valence-electron chi connectivity index (χ1n) is 8.51. The predicted molar refractivity (Wildman–Crippen MR) is 99.6 cm³/mol. The number of rotatable bonds is 3. The minimum atomic E-state index is 0.0388. The molecule has 4 rings (SSSR count). The summed E-state index contributed by atoms with van der Waals surface area (Å²) in [6.45, 7) is 4.17. The summed E-state index contributed by atoms with van der Waals surface area (Å²) in [5.41, 5.74) is 7.26. The first-order valence-corrected chi connectivity index (χ1v) is 8.51. The fraction of sp³-hybridized carbons (Fsp3) is 0.227. The van der Waals surface area contributed by atoms with Crippen molar-refractivity contribution < 1.29 is 4.79 Å². The van der Waals surface area contributed by atoms with Crippen molar-refractivity contribution in [2.24, 2.45) is 0 Å². The second-order valence-electron chi connectivity index (χ2n) is 6.76. The number of amides is 1. The third-order valence-corrected chi connectivity index (χ3v) is 5.09. The van der Waals surface area contributed by atoms with Crippen LogP contribution in [0.1, 0.15) is 27.8 Å². The molecule has 1 aliphatic rings. The van der Waals surface area contributed by atoms with E-state index in [1.54, 1.807) is 0 Å². The number of carbonyl (C=O) groups is 1. The third-order valence-electron chi connectivity index (χ3n) is 5.09. The topological polar surface area (TPSA) is 29.1 Å². The van der Waals surface area contributed by atoms with Gasteiger partial charge in [0, 0.05) is 11.1 Å². The molecule has 1 N–H and O–H groups in total. The van der Waals surface area contributed by atoms with Crippen LogP contribution in [0.5, 0.6) is 0 Å². The molecule has 3 aromatic carbocycles. The lowest BCUT2D eigenvalue weighted by Gasteiger charge is -2.11. The molecule has 0 bridgehead atoms. The van der Waals surface area contributed by atoms with Crippen LogP contribution < -0.4 is 5.32 Å². The molecular weight excluding hydrogens is 294 g/mol. The number of hydrogen-bond donors (Lipinski definition) is 1. The van der Waals surface area contributed by atoms with Gasteiger partial charge in [0.2, 0.25) is 5.91 Å². The highest BCUT2D eigenvalue weighted by molar-refractivity contribution is 6.05. The summed E-state index contributed by atoms with van der Waals surface area (Å²) in [6.07, 6.45) is 2.61. The smallest absolute Gasteiger partial charge is 0.228 e. The Hall–Kier alpha value is -2.61. The van der Waals surface area contributed by atoms with Crippen LogP contribution in [0.25, 0.3) is 10.8 Å². The van der Waals surface area contributed by atoms with Gasteiger partial charge in [-0.1, -0.05) is 42.5 Å². The zero-order chi connectivity index (χ0) is 16.7. The fourth-order valence-electron chi connectivity index (χ4n) is 3.65. The fourth-order valence-corrected chi connectivity index (χ4v) is 3.65. The van der Waals surface area contributed by atoms with E-state index in [1.165, 1.54) is 27.6 Å². The van der Waals surface area contributed by atoms with E-state index in [-0.39, 0.29) is 5.91 Å². The van der Waals surface area contributed by atoms with Gasteiger partial charge in [-0.3, -0.25) is 4.79 Å². The molecule has 24 heavy (non-hydrogen) atoms. The van der Waals surface area contributed by atoms with E-state index < -0.39 is 0 Å². The number of carbonyl (C=O) groups excluding carboxylic acids is 1. The Labute approximate surface area is 142 Å². The molecule has 0 heterocycles. The van der Waals surface area contributed by atoms with Gasteiger partial charge in [0.25, 0.3) is 0 Å². The molecule has 0 aliphatic heterocycles. The maximum Gasteiger partial charge on any atom is 0.228 e. The highest BCUT2D eigenvalue weighted by atomic mass is 16.1. The summed E-state index contributed by atoms with van der Waals surface area (Å²) < 4.78 is 0. The Morgan fingerprint density at radius 3 is 2.54 bits per heavy atom. The van der Waals surface area contributed by atoms with E-state index in [9.17, 15) is 4.79 Å². The molecule has 0 saturated carbocycles. The summed E-state index contributed by atoms with van der Waals surface area (Å²) in [5, 5.41) is 5.61. The molecule has 3 aromatic rings. The van der Waals surface area contributed by atoms with Gasteiger partial charge >= 0.3 is 0 Å². The molecule has 1 aliphatic carbocycles. The van der Waals surface area contributed by atoms with Gasteiger partial charge in [-0.25, -0.2) is 0 Å². The summed E-state index contributed by atoms with van der Waals surface area (Å²) in [6, 6.07) is 16.8. The standard InChI is InChI=1S/C22H21NO/c1-14-6-7-16(12-15(14)2)13-21(24)23-20-11-10-18-9-8-17-4-3-5-19(20)22(17)18/h3-7,10-12H,8-9,13H2,1-2H3,(H,23,24). The lowest BCUT2D eigenvalue weighted by molar-refractivity contribution is -0.115. The second-order valence-corrected chi connectivity index (χ2v) is 6.76. The van der Waals surface area contributed by atoms with Crippen LogP contribution >= 0.6 is 0 Å². The van der Waals surface area contributed by atoms with E-state index in [4.69, 9.17) is 0 Å². The molecule has 120 valence electrons. The quantitative estimate of drug-likeness (QED) is 0.743. The summed E-state index contributed by atoms with van der Waals surface area (Å²) in [7, 11) is 0. The van der Waals surface area contributed by atoms with E-state index in [0.29, 0.717) is 6.42 Å². The summed E-state index contributed by atoms with van der Waals surface area (Å²) in [4.78, 5) is 12.5. The number of nitrogens with one attached hydrogen (secondary N) is 1. The van der Waals surface area contributed by atoms with Crippen molar-refractivity contribution in [2.45, 2.75) is 33.1 Å². The maximum absolute atomic E-state index is 12.5. The van der Waals surface area contributed by atoms with Crippen LogP contribution in [0.3, 0.4) is 0 Å². The van der Waals surface area contributed by atoms with Crippen LogP contribution in [-0.2, 0) is 24.1 Å². The minimum absolute atomic E-state index is 0.0388. The molecular formula is C22H21NO. The van der Waals surface area contributed by atoms with E-state index in [2.05, 4.69) is 55.6 Å². The molecule has 0 atom stereocenters. The van der Waals surface area contributed by atoms with Crippen molar-refractivity contribution in [1.82, 2.24) is 0 Å². The van der Waals surface area contributed by atoms with Gasteiger partial charge in [0.15, 0.2) is 0 Å². The Kier molecular flexibility index (Phi) is 3.61. The van der Waals surface area contributed by atoms with Gasteiger partial charge in [-0.05, 0) is 66.0 Å². The Balaban J connectivity index is 1.60. The zero-order valence-electron chi connectivity index (χ0n) is 14.1. The van der Waals surface area contributed by atoms with Crippen LogP contribution in [-0.4, -0.2) is 5.91 Å². The molecule has 2 nitrogen and oxygen atoms in total. The SMILES string of the molecule is Cc1ccc(CC(=O)Nc2ccc3c4c(cccc24)CC3)cc1C. The Bertz CT molecular complexity index is 945. The van der Waals surface area contributed by atoms with Crippen molar-refractivity contribution in [3.8, 4) is 0 Å². The van der Waals surface area contributed by atoms with Crippen molar-refractivity contribution >= 4 is 22.4 Å². The zero-order valence-corrected chi connectivity index (χ0v) is 14.1. The molecule has 0 saturated heterocycles. The van der Waals surface area contributed by atoms with Crippen molar-refractivity contribution in [3.05, 3.63) is 76.3 Å². The van der Waals surface area contributed by atoms with Crippen LogP contribution in [0.4, 0.5) is 5.69 Å². The highest BCUT2D eigenvalue weighted by Gasteiger charge is 2.16. The number of benzene rings is 3.